The van der Waals surface area contributed by atoms with Gasteiger partial charge in [0.25, 0.3) is 5.91 Å². The molecular formula is C15H22BrClN2O. The molecule has 1 saturated heterocycles. The Morgan fingerprint density at radius 3 is 2.80 bits per heavy atom. The van der Waals surface area contributed by atoms with Gasteiger partial charge < -0.3 is 10.2 Å². The molecule has 1 heterocycles. The van der Waals surface area contributed by atoms with Crippen molar-refractivity contribution >= 4 is 34.2 Å². The van der Waals surface area contributed by atoms with Crippen molar-refractivity contribution in [2.75, 3.05) is 20.1 Å². The van der Waals surface area contributed by atoms with Crippen LogP contribution in [-0.4, -0.2) is 37.0 Å². The summed E-state index contributed by atoms with van der Waals surface area (Å²) in [5.41, 5.74) is 1.91. The number of rotatable bonds is 2. The third-order valence-corrected chi connectivity index (χ3v) is 4.69. The van der Waals surface area contributed by atoms with Gasteiger partial charge in [0.2, 0.25) is 0 Å². The van der Waals surface area contributed by atoms with Crippen molar-refractivity contribution < 1.29 is 4.79 Å². The van der Waals surface area contributed by atoms with Gasteiger partial charge in [0.1, 0.15) is 0 Å². The minimum Gasteiger partial charge on any atom is -0.339 e. The zero-order valence-corrected chi connectivity index (χ0v) is 14.4. The van der Waals surface area contributed by atoms with E-state index in [4.69, 9.17) is 0 Å². The Bertz CT molecular complexity index is 459. The monoisotopic (exact) mass is 360 g/mol. The lowest BCUT2D eigenvalue weighted by Crippen LogP contribution is -2.37. The molecule has 1 aliphatic heterocycles. The third kappa shape index (κ3) is 4.21. The van der Waals surface area contributed by atoms with Gasteiger partial charge in [0.05, 0.1) is 0 Å². The van der Waals surface area contributed by atoms with Crippen LogP contribution in [0.25, 0.3) is 0 Å². The number of carbonyl (C=O) groups is 1. The normalized spacial score (nSPS) is 18.9. The highest BCUT2D eigenvalue weighted by molar-refractivity contribution is 9.10. The predicted octanol–water partition coefficient (Wildman–Crippen LogP) is 3.39. The Balaban J connectivity index is 0.00000200. The largest absolute Gasteiger partial charge is 0.339 e. The number of nitrogens with zero attached hydrogens (tertiary/aromatic N) is 1. The van der Waals surface area contributed by atoms with Gasteiger partial charge in [-0.3, -0.25) is 4.79 Å². The maximum atomic E-state index is 12.5. The van der Waals surface area contributed by atoms with Gasteiger partial charge in [-0.1, -0.05) is 22.0 Å². The number of amides is 1. The van der Waals surface area contributed by atoms with Gasteiger partial charge in [0.15, 0.2) is 0 Å². The van der Waals surface area contributed by atoms with E-state index in [0.29, 0.717) is 6.04 Å². The summed E-state index contributed by atoms with van der Waals surface area (Å²) in [5, 5.41) is 3.38. The molecule has 112 valence electrons. The van der Waals surface area contributed by atoms with E-state index < -0.39 is 0 Å². The molecule has 1 unspecified atom stereocenters. The fourth-order valence-corrected chi connectivity index (χ4v) is 2.86. The first kappa shape index (κ1) is 17.5. The van der Waals surface area contributed by atoms with E-state index in [1.807, 2.05) is 37.1 Å². The summed E-state index contributed by atoms with van der Waals surface area (Å²) < 4.78 is 0.995. The smallest absolute Gasteiger partial charge is 0.253 e. The fourth-order valence-electron chi connectivity index (χ4n) is 2.48. The molecule has 0 spiro atoms. The first-order valence-corrected chi connectivity index (χ1v) is 7.63. The van der Waals surface area contributed by atoms with Gasteiger partial charge in [-0.15, -0.1) is 12.4 Å². The molecule has 0 saturated carbocycles. The van der Waals surface area contributed by atoms with Crippen LogP contribution < -0.4 is 5.32 Å². The molecule has 1 N–H and O–H groups in total. The molecular weight excluding hydrogens is 340 g/mol. The molecule has 0 radical (unpaired) electrons. The van der Waals surface area contributed by atoms with Crippen molar-refractivity contribution in [1.82, 2.24) is 10.2 Å². The van der Waals surface area contributed by atoms with Crippen LogP contribution in [0.3, 0.4) is 0 Å². The first-order chi connectivity index (χ1) is 9.09. The Labute approximate surface area is 135 Å². The Morgan fingerprint density at radius 2 is 2.10 bits per heavy atom. The Kier molecular flexibility index (Phi) is 7.00. The predicted molar refractivity (Wildman–Crippen MR) is 88.7 cm³/mol. The minimum atomic E-state index is 0. The van der Waals surface area contributed by atoms with Crippen LogP contribution >= 0.6 is 28.3 Å². The van der Waals surface area contributed by atoms with Crippen LogP contribution in [0.1, 0.15) is 35.2 Å². The average Bonchev–Trinajstić information content (AvgIpc) is 2.69. The molecule has 0 aromatic heterocycles. The molecule has 5 heteroatoms. The lowest BCUT2D eigenvalue weighted by molar-refractivity contribution is 0.0720. The van der Waals surface area contributed by atoms with Gasteiger partial charge in [0, 0.05) is 23.1 Å². The molecule has 1 aromatic rings. The lowest BCUT2D eigenvalue weighted by atomic mass is 10.1. The fraction of sp³-hybridized carbons (Fsp3) is 0.533. The van der Waals surface area contributed by atoms with Crippen LogP contribution in [0.4, 0.5) is 0 Å². The van der Waals surface area contributed by atoms with E-state index in [1.54, 1.807) is 0 Å². The number of hydrogen-bond acceptors (Lipinski definition) is 2. The molecule has 3 nitrogen and oxygen atoms in total. The van der Waals surface area contributed by atoms with Crippen LogP contribution in [0.5, 0.6) is 0 Å². The van der Waals surface area contributed by atoms with Gasteiger partial charge in [-0.05, 0) is 57.0 Å². The molecule has 20 heavy (non-hydrogen) atoms. The number of halogens is 2. The molecule has 1 aliphatic rings. The second kappa shape index (κ2) is 8.01. The topological polar surface area (TPSA) is 32.3 Å². The van der Waals surface area contributed by atoms with Crippen molar-refractivity contribution in [2.24, 2.45) is 0 Å². The standard InChI is InChI=1S/C15H21BrN2O.ClH/c1-11-5-6-12(10-14(11)16)15(19)18(2)13-4-3-8-17-9-7-13;/h5-6,10,13,17H,3-4,7-9H2,1-2H3;1H. The Morgan fingerprint density at radius 1 is 1.35 bits per heavy atom. The molecule has 1 atom stereocenters. The summed E-state index contributed by atoms with van der Waals surface area (Å²) in [6, 6.07) is 6.17. The number of aryl methyl sites for hydroxylation is 1. The summed E-state index contributed by atoms with van der Waals surface area (Å²) in [4.78, 5) is 14.4. The van der Waals surface area contributed by atoms with E-state index >= 15 is 0 Å². The number of nitrogens with one attached hydrogen (secondary N) is 1. The highest BCUT2D eigenvalue weighted by Gasteiger charge is 2.22. The average molecular weight is 362 g/mol. The molecule has 0 aliphatic carbocycles. The number of hydrogen-bond donors (Lipinski definition) is 1. The van der Waals surface area contributed by atoms with E-state index in [0.717, 1.165) is 48.0 Å². The van der Waals surface area contributed by atoms with Crippen molar-refractivity contribution in [2.45, 2.75) is 32.2 Å². The van der Waals surface area contributed by atoms with E-state index in [1.165, 1.54) is 0 Å². The van der Waals surface area contributed by atoms with Gasteiger partial charge in [-0.25, -0.2) is 0 Å². The van der Waals surface area contributed by atoms with Crippen molar-refractivity contribution in [3.63, 3.8) is 0 Å². The van der Waals surface area contributed by atoms with Crippen LogP contribution in [-0.2, 0) is 0 Å². The van der Waals surface area contributed by atoms with E-state index in [9.17, 15) is 4.79 Å². The first-order valence-electron chi connectivity index (χ1n) is 6.83. The zero-order valence-electron chi connectivity index (χ0n) is 12.0. The Hall–Kier alpha value is -0.580. The quantitative estimate of drug-likeness (QED) is 0.875. The number of benzene rings is 1. The zero-order chi connectivity index (χ0) is 13.8. The van der Waals surface area contributed by atoms with Gasteiger partial charge >= 0.3 is 0 Å². The highest BCUT2D eigenvalue weighted by Crippen LogP contribution is 2.20. The molecule has 1 fully saturated rings. The summed E-state index contributed by atoms with van der Waals surface area (Å²) in [6.07, 6.45) is 3.26. The molecule has 1 amide bonds. The summed E-state index contributed by atoms with van der Waals surface area (Å²) in [7, 11) is 1.92. The summed E-state index contributed by atoms with van der Waals surface area (Å²) >= 11 is 3.49. The molecule has 0 bridgehead atoms. The second-order valence-electron chi connectivity index (χ2n) is 5.21. The third-order valence-electron chi connectivity index (χ3n) is 3.83. The van der Waals surface area contributed by atoms with Crippen molar-refractivity contribution in [3.8, 4) is 0 Å². The van der Waals surface area contributed by atoms with Crippen LogP contribution in [0.2, 0.25) is 0 Å². The number of carbonyl (C=O) groups excluding carboxylic acids is 1. The maximum absolute atomic E-state index is 12.5. The minimum absolute atomic E-state index is 0. The second-order valence-corrected chi connectivity index (χ2v) is 6.07. The van der Waals surface area contributed by atoms with E-state index in [2.05, 4.69) is 21.2 Å². The van der Waals surface area contributed by atoms with Crippen molar-refractivity contribution in [1.29, 1.82) is 0 Å². The highest BCUT2D eigenvalue weighted by atomic mass is 79.9. The van der Waals surface area contributed by atoms with Crippen LogP contribution in [0.15, 0.2) is 22.7 Å². The van der Waals surface area contributed by atoms with Gasteiger partial charge in [-0.2, -0.15) is 0 Å². The van der Waals surface area contributed by atoms with Crippen molar-refractivity contribution in [3.05, 3.63) is 33.8 Å². The molecule has 2 rings (SSSR count). The molecule has 1 aromatic carbocycles. The maximum Gasteiger partial charge on any atom is 0.253 e. The lowest BCUT2D eigenvalue weighted by Gasteiger charge is -2.27. The van der Waals surface area contributed by atoms with Crippen LogP contribution in [0, 0.1) is 6.92 Å². The van der Waals surface area contributed by atoms with E-state index in [-0.39, 0.29) is 18.3 Å². The summed E-state index contributed by atoms with van der Waals surface area (Å²) in [6.45, 7) is 4.09. The SMILES string of the molecule is Cc1ccc(C(=O)N(C)C2CCCNCC2)cc1Br.Cl. The summed E-state index contributed by atoms with van der Waals surface area (Å²) in [5.74, 6) is 0.118.